The molecule has 0 spiro atoms. The third kappa shape index (κ3) is 7.66. The predicted molar refractivity (Wildman–Crippen MR) is 81.3 cm³/mol. The van der Waals surface area contributed by atoms with Gasteiger partial charge in [-0.1, -0.05) is 12.0 Å². The number of sulfonamides is 1. The number of rotatable bonds is 7. The molecule has 2 N–H and O–H groups in total. The molecule has 0 saturated carbocycles. The zero-order valence-corrected chi connectivity index (χ0v) is 13.0. The van der Waals surface area contributed by atoms with Gasteiger partial charge in [0.25, 0.3) is 0 Å². The number of pyridine rings is 1. The van der Waals surface area contributed by atoms with E-state index in [4.69, 9.17) is 9.84 Å². The van der Waals surface area contributed by atoms with E-state index >= 15 is 0 Å². The number of hydrogen-bond donors (Lipinski definition) is 2. The van der Waals surface area contributed by atoms with Crippen molar-refractivity contribution in [3.63, 3.8) is 0 Å². The zero-order valence-electron chi connectivity index (χ0n) is 12.2. The summed E-state index contributed by atoms with van der Waals surface area (Å²) in [5, 5.41) is 8.65. The molecule has 116 valence electrons. The summed E-state index contributed by atoms with van der Waals surface area (Å²) in [5.74, 6) is 5.56. The van der Waals surface area contributed by atoms with Crippen molar-refractivity contribution < 1.29 is 18.3 Å². The highest BCUT2D eigenvalue weighted by Gasteiger charge is 2.11. The number of aliphatic hydroxyl groups is 1. The minimum atomic E-state index is -3.50. The van der Waals surface area contributed by atoms with Gasteiger partial charge in [0, 0.05) is 6.42 Å². The average Bonchev–Trinajstić information content (AvgIpc) is 2.38. The molecule has 1 aromatic heterocycles. The van der Waals surface area contributed by atoms with E-state index in [1.807, 2.05) is 13.8 Å². The van der Waals surface area contributed by atoms with Crippen LogP contribution in [0.3, 0.4) is 0 Å². The second-order valence-electron chi connectivity index (χ2n) is 4.52. The first-order chi connectivity index (χ1) is 9.93. The van der Waals surface area contributed by atoms with Crippen LogP contribution in [-0.2, 0) is 14.8 Å². The lowest BCUT2D eigenvalue weighted by molar-refractivity contribution is 0.0913. The fourth-order valence-electron chi connectivity index (χ4n) is 1.37. The van der Waals surface area contributed by atoms with Gasteiger partial charge in [-0.05, 0) is 31.9 Å². The molecule has 0 amide bonds. The number of nitrogens with zero attached hydrogens (tertiary/aromatic N) is 1. The molecule has 7 heteroatoms. The van der Waals surface area contributed by atoms with Gasteiger partial charge >= 0.3 is 0 Å². The van der Waals surface area contributed by atoms with Crippen LogP contribution in [0.2, 0.25) is 0 Å². The minimum absolute atomic E-state index is 0.0107. The Morgan fingerprint density at radius 2 is 2.19 bits per heavy atom. The maximum absolute atomic E-state index is 11.9. The van der Waals surface area contributed by atoms with Gasteiger partial charge < -0.3 is 9.84 Å². The summed E-state index contributed by atoms with van der Waals surface area (Å²) in [7, 11) is -3.50. The number of anilines is 1. The lowest BCUT2D eigenvalue weighted by Crippen LogP contribution is -2.22. The molecule has 0 saturated heterocycles. The van der Waals surface area contributed by atoms with Crippen molar-refractivity contribution >= 4 is 15.8 Å². The predicted octanol–water partition coefficient (Wildman–Crippen LogP) is 0.982. The molecule has 0 aromatic carbocycles. The second kappa shape index (κ2) is 8.62. The molecule has 0 radical (unpaired) electrons. The van der Waals surface area contributed by atoms with Gasteiger partial charge in [0.1, 0.15) is 11.5 Å². The third-order valence-corrected chi connectivity index (χ3v) is 3.49. The van der Waals surface area contributed by atoms with E-state index in [1.165, 1.54) is 0 Å². The topological polar surface area (TPSA) is 88.5 Å². The van der Waals surface area contributed by atoms with Crippen molar-refractivity contribution in [3.05, 3.63) is 23.9 Å². The van der Waals surface area contributed by atoms with Crippen LogP contribution in [0.4, 0.5) is 5.82 Å². The Hall–Kier alpha value is -1.62. The SMILES string of the molecule is CC(C)OCCS(=O)(=O)Nc1cccc(C#CCCO)n1. The first-order valence-corrected chi connectivity index (χ1v) is 8.27. The molecule has 6 nitrogen and oxygen atoms in total. The molecule has 0 aliphatic rings. The summed E-state index contributed by atoms with van der Waals surface area (Å²) in [6.07, 6.45) is 0.341. The van der Waals surface area contributed by atoms with Crippen LogP contribution in [0.15, 0.2) is 18.2 Å². The summed E-state index contributed by atoms with van der Waals surface area (Å²) in [6.45, 7) is 3.80. The van der Waals surface area contributed by atoms with Gasteiger partial charge in [0.15, 0.2) is 0 Å². The number of ether oxygens (including phenoxy) is 1. The van der Waals surface area contributed by atoms with E-state index in [2.05, 4.69) is 21.5 Å². The molecule has 21 heavy (non-hydrogen) atoms. The fourth-order valence-corrected chi connectivity index (χ4v) is 2.22. The maximum Gasteiger partial charge on any atom is 0.236 e. The highest BCUT2D eigenvalue weighted by molar-refractivity contribution is 7.92. The van der Waals surface area contributed by atoms with Crippen molar-refractivity contribution in [1.29, 1.82) is 0 Å². The van der Waals surface area contributed by atoms with Crippen LogP contribution in [0.1, 0.15) is 26.0 Å². The van der Waals surface area contributed by atoms with Crippen molar-refractivity contribution in [2.75, 3.05) is 23.7 Å². The van der Waals surface area contributed by atoms with Gasteiger partial charge in [-0.25, -0.2) is 13.4 Å². The van der Waals surface area contributed by atoms with E-state index < -0.39 is 10.0 Å². The molecule has 0 bridgehead atoms. The quantitative estimate of drug-likeness (QED) is 0.733. The van der Waals surface area contributed by atoms with Crippen LogP contribution in [0.5, 0.6) is 0 Å². The standard InChI is InChI=1S/C14H20N2O4S/c1-12(2)20-10-11-21(18,19)16-14-8-5-7-13(15-14)6-3-4-9-17/h5,7-8,12,17H,4,9-11H2,1-2H3,(H,15,16). The molecule has 1 rings (SSSR count). The van der Waals surface area contributed by atoms with E-state index in [0.717, 1.165) is 0 Å². The normalized spacial score (nSPS) is 11.0. The summed E-state index contributed by atoms with van der Waals surface area (Å²) < 4.78 is 31.3. The van der Waals surface area contributed by atoms with Crippen LogP contribution < -0.4 is 4.72 Å². The van der Waals surface area contributed by atoms with Crippen LogP contribution in [-0.4, -0.2) is 43.6 Å². The van der Waals surface area contributed by atoms with Gasteiger partial charge in [0.05, 0.1) is 25.1 Å². The second-order valence-corrected chi connectivity index (χ2v) is 6.37. The smallest absolute Gasteiger partial charge is 0.236 e. The van der Waals surface area contributed by atoms with Crippen molar-refractivity contribution in [2.45, 2.75) is 26.4 Å². The third-order valence-electron chi connectivity index (χ3n) is 2.27. The van der Waals surface area contributed by atoms with E-state index in [0.29, 0.717) is 12.1 Å². The maximum atomic E-state index is 11.9. The van der Waals surface area contributed by atoms with Crippen molar-refractivity contribution in [1.82, 2.24) is 4.98 Å². The van der Waals surface area contributed by atoms with Crippen molar-refractivity contribution in [2.24, 2.45) is 0 Å². The summed E-state index contributed by atoms with van der Waals surface area (Å²) >= 11 is 0. The first kappa shape index (κ1) is 17.4. The molecule has 0 fully saturated rings. The van der Waals surface area contributed by atoms with Crippen LogP contribution >= 0.6 is 0 Å². The molecule has 0 unspecified atom stereocenters. The van der Waals surface area contributed by atoms with Gasteiger partial charge in [-0.15, -0.1) is 0 Å². The summed E-state index contributed by atoms with van der Waals surface area (Å²) in [6, 6.07) is 4.89. The van der Waals surface area contributed by atoms with Gasteiger partial charge in [0.2, 0.25) is 10.0 Å². The highest BCUT2D eigenvalue weighted by Crippen LogP contribution is 2.07. The van der Waals surface area contributed by atoms with Gasteiger partial charge in [-0.3, -0.25) is 4.72 Å². The summed E-state index contributed by atoms with van der Waals surface area (Å²) in [5.41, 5.74) is 0.446. The minimum Gasteiger partial charge on any atom is -0.395 e. The van der Waals surface area contributed by atoms with Gasteiger partial charge in [-0.2, -0.15) is 0 Å². The zero-order chi connectivity index (χ0) is 15.7. The molecule has 0 atom stereocenters. The molecule has 0 aliphatic heterocycles. The Morgan fingerprint density at radius 3 is 2.86 bits per heavy atom. The molecule has 1 aromatic rings. The summed E-state index contributed by atoms with van der Waals surface area (Å²) in [4.78, 5) is 4.09. The Balaban J connectivity index is 2.66. The number of hydrogen-bond acceptors (Lipinski definition) is 5. The van der Waals surface area contributed by atoms with E-state index in [1.54, 1.807) is 18.2 Å². The molecular weight excluding hydrogens is 292 g/mol. The van der Waals surface area contributed by atoms with E-state index in [9.17, 15) is 8.42 Å². The monoisotopic (exact) mass is 312 g/mol. The Bertz CT molecular complexity index is 603. The lowest BCUT2D eigenvalue weighted by atomic mass is 10.3. The van der Waals surface area contributed by atoms with Crippen LogP contribution in [0, 0.1) is 11.8 Å². The lowest BCUT2D eigenvalue weighted by Gasteiger charge is -2.09. The molecular formula is C14H20N2O4S. The Labute approximate surface area is 125 Å². The number of aromatic nitrogens is 1. The number of aliphatic hydroxyl groups excluding tert-OH is 1. The van der Waals surface area contributed by atoms with E-state index in [-0.39, 0.29) is 30.9 Å². The van der Waals surface area contributed by atoms with Crippen molar-refractivity contribution in [3.8, 4) is 11.8 Å². The Kier molecular flexibility index (Phi) is 7.15. The molecule has 0 aliphatic carbocycles. The highest BCUT2D eigenvalue weighted by atomic mass is 32.2. The largest absolute Gasteiger partial charge is 0.395 e. The molecule has 1 heterocycles. The first-order valence-electron chi connectivity index (χ1n) is 6.62. The number of nitrogens with one attached hydrogen (secondary N) is 1. The fraction of sp³-hybridized carbons (Fsp3) is 0.500. The average molecular weight is 312 g/mol. The Morgan fingerprint density at radius 1 is 1.43 bits per heavy atom. The van der Waals surface area contributed by atoms with Crippen LogP contribution in [0.25, 0.3) is 0 Å².